The lowest BCUT2D eigenvalue weighted by molar-refractivity contribution is -0.142. The number of fused-ring (bicyclic) bond motifs is 5. The second-order valence-electron chi connectivity index (χ2n) is 8.44. The fourth-order valence-corrected chi connectivity index (χ4v) is 5.49. The van der Waals surface area contributed by atoms with E-state index in [1.165, 1.54) is 13.5 Å². The Morgan fingerprint density at radius 1 is 1.25 bits per heavy atom. The molecule has 3 fully saturated rings. The Morgan fingerprint density at radius 3 is 2.93 bits per heavy atom. The fraction of sp³-hybridized carbons (Fsp3) is 0.571. The summed E-state index contributed by atoms with van der Waals surface area (Å²) in [5.74, 6) is 1.97. The van der Waals surface area contributed by atoms with Crippen molar-refractivity contribution in [3.63, 3.8) is 0 Å². The summed E-state index contributed by atoms with van der Waals surface area (Å²) in [5, 5.41) is 0. The lowest BCUT2D eigenvalue weighted by Crippen LogP contribution is -2.60. The molecule has 0 aliphatic carbocycles. The number of ether oxygens (including phenoxy) is 1. The highest BCUT2D eigenvalue weighted by atomic mass is 16.5. The summed E-state index contributed by atoms with van der Waals surface area (Å²) in [6.45, 7) is 2.74. The van der Waals surface area contributed by atoms with Crippen LogP contribution in [0, 0.1) is 11.8 Å². The van der Waals surface area contributed by atoms with E-state index >= 15 is 0 Å². The molecule has 0 spiro atoms. The highest BCUT2D eigenvalue weighted by molar-refractivity contribution is 5.94. The van der Waals surface area contributed by atoms with Crippen LogP contribution in [0.25, 0.3) is 11.0 Å². The molecular formula is C21H26N4O3. The number of piperidine rings is 3. The Labute approximate surface area is 164 Å². The van der Waals surface area contributed by atoms with Crippen molar-refractivity contribution in [1.29, 1.82) is 0 Å². The van der Waals surface area contributed by atoms with Crippen LogP contribution >= 0.6 is 0 Å². The van der Waals surface area contributed by atoms with Gasteiger partial charge in [-0.3, -0.25) is 4.79 Å². The molecule has 3 saturated heterocycles. The number of carbonyl (C=O) groups is 2. The molecular weight excluding hydrogens is 356 g/mol. The zero-order valence-corrected chi connectivity index (χ0v) is 16.4. The average molecular weight is 382 g/mol. The summed E-state index contributed by atoms with van der Waals surface area (Å²) in [7, 11) is 3.42. The molecule has 1 aromatic carbocycles. The van der Waals surface area contributed by atoms with Crippen LogP contribution in [-0.4, -0.2) is 59.1 Å². The van der Waals surface area contributed by atoms with Crippen molar-refractivity contribution in [2.75, 3.05) is 31.6 Å². The highest BCUT2D eigenvalue weighted by Crippen LogP contribution is 2.39. The molecule has 0 radical (unpaired) electrons. The third kappa shape index (κ3) is 2.67. The van der Waals surface area contributed by atoms with Gasteiger partial charge in [0.15, 0.2) is 0 Å². The number of nitrogens with zero attached hydrogens (tertiary/aromatic N) is 4. The minimum Gasteiger partial charge on any atom is -0.465 e. The number of aromatic nitrogens is 2. The van der Waals surface area contributed by atoms with Crippen molar-refractivity contribution >= 4 is 28.9 Å². The number of anilines is 1. The first-order valence-electron chi connectivity index (χ1n) is 10.1. The van der Waals surface area contributed by atoms with Crippen molar-refractivity contribution in [1.82, 2.24) is 14.5 Å². The van der Waals surface area contributed by atoms with E-state index in [0.717, 1.165) is 49.5 Å². The number of hydrogen-bond donors (Lipinski definition) is 0. The second-order valence-corrected chi connectivity index (χ2v) is 8.44. The number of hydrogen-bond acceptors (Lipinski definition) is 5. The third-order valence-electron chi connectivity index (χ3n) is 6.74. The zero-order valence-electron chi connectivity index (χ0n) is 16.4. The van der Waals surface area contributed by atoms with Crippen molar-refractivity contribution in [3.05, 3.63) is 23.8 Å². The molecule has 4 heterocycles. The largest absolute Gasteiger partial charge is 0.465 e. The van der Waals surface area contributed by atoms with E-state index in [-0.39, 0.29) is 5.97 Å². The van der Waals surface area contributed by atoms with Crippen molar-refractivity contribution in [3.8, 4) is 0 Å². The topological polar surface area (TPSA) is 67.7 Å². The van der Waals surface area contributed by atoms with Gasteiger partial charge in [-0.05, 0) is 49.3 Å². The maximum atomic E-state index is 12.4. The van der Waals surface area contributed by atoms with Gasteiger partial charge >= 0.3 is 5.97 Å². The summed E-state index contributed by atoms with van der Waals surface area (Å²) in [5.41, 5.74) is 2.34. The van der Waals surface area contributed by atoms with Gasteiger partial charge in [-0.15, -0.1) is 0 Å². The van der Waals surface area contributed by atoms with Crippen LogP contribution in [0.3, 0.4) is 0 Å². The maximum absolute atomic E-state index is 12.4. The summed E-state index contributed by atoms with van der Waals surface area (Å²) in [6, 6.07) is 5.91. The average Bonchev–Trinajstić information content (AvgIpc) is 3.04. The van der Waals surface area contributed by atoms with E-state index in [1.807, 2.05) is 13.1 Å². The predicted octanol–water partition coefficient (Wildman–Crippen LogP) is 2.20. The van der Waals surface area contributed by atoms with Gasteiger partial charge in [0.2, 0.25) is 11.9 Å². The molecule has 2 aromatic rings. The molecule has 1 aromatic heterocycles. The van der Waals surface area contributed by atoms with Gasteiger partial charge in [0, 0.05) is 39.1 Å². The number of rotatable bonds is 2. The number of amides is 1. The normalized spacial score (nSPS) is 27.1. The van der Waals surface area contributed by atoms with E-state index < -0.39 is 0 Å². The number of benzene rings is 1. The van der Waals surface area contributed by atoms with Crippen LogP contribution in [-0.2, 0) is 16.6 Å². The number of methoxy groups -OCH3 is 1. The summed E-state index contributed by atoms with van der Waals surface area (Å²) < 4.78 is 6.94. The molecule has 3 atom stereocenters. The summed E-state index contributed by atoms with van der Waals surface area (Å²) in [6.07, 6.45) is 4.07. The van der Waals surface area contributed by atoms with Crippen molar-refractivity contribution in [2.45, 2.75) is 31.7 Å². The number of aryl methyl sites for hydroxylation is 1. The second kappa shape index (κ2) is 6.50. The minimum absolute atomic E-state index is 0.344. The smallest absolute Gasteiger partial charge is 0.337 e. The van der Waals surface area contributed by atoms with Crippen molar-refractivity contribution < 1.29 is 14.3 Å². The van der Waals surface area contributed by atoms with Crippen LogP contribution in [0.4, 0.5) is 5.95 Å². The molecule has 28 heavy (non-hydrogen) atoms. The number of esters is 1. The highest BCUT2D eigenvalue weighted by Gasteiger charge is 2.44. The fourth-order valence-electron chi connectivity index (χ4n) is 5.49. The van der Waals surface area contributed by atoms with E-state index in [4.69, 9.17) is 9.72 Å². The molecule has 2 bridgehead atoms. The van der Waals surface area contributed by atoms with E-state index in [0.29, 0.717) is 35.8 Å². The number of carbonyl (C=O) groups excluding carboxylic acids is 2. The molecule has 148 valence electrons. The first-order chi connectivity index (χ1) is 13.5. The lowest BCUT2D eigenvalue weighted by atomic mass is 9.76. The molecule has 3 aliphatic heterocycles. The number of imidazole rings is 1. The quantitative estimate of drug-likeness (QED) is 0.745. The minimum atomic E-state index is -0.344. The Kier molecular flexibility index (Phi) is 4.07. The van der Waals surface area contributed by atoms with Gasteiger partial charge in [0.25, 0.3) is 0 Å². The van der Waals surface area contributed by atoms with Crippen LogP contribution in [0.1, 0.15) is 36.0 Å². The van der Waals surface area contributed by atoms with E-state index in [2.05, 4.69) is 14.4 Å². The summed E-state index contributed by atoms with van der Waals surface area (Å²) in [4.78, 5) is 33.6. The van der Waals surface area contributed by atoms with Crippen LogP contribution in [0.5, 0.6) is 0 Å². The first kappa shape index (κ1) is 17.5. The van der Waals surface area contributed by atoms with Gasteiger partial charge in [0.05, 0.1) is 23.7 Å². The van der Waals surface area contributed by atoms with E-state index in [1.54, 1.807) is 12.1 Å². The molecule has 0 saturated carbocycles. The SMILES string of the molecule is COC(=O)c1ccc2c(c1)nc(N1CC3CC(C1)[C@@H]1CCCC(=O)N1C3)n2C. The van der Waals surface area contributed by atoms with E-state index in [9.17, 15) is 9.59 Å². The zero-order chi connectivity index (χ0) is 19.4. The van der Waals surface area contributed by atoms with Gasteiger partial charge < -0.3 is 19.1 Å². The lowest BCUT2D eigenvalue weighted by Gasteiger charge is -2.52. The van der Waals surface area contributed by atoms with Crippen LogP contribution < -0.4 is 4.90 Å². The predicted molar refractivity (Wildman–Crippen MR) is 105 cm³/mol. The maximum Gasteiger partial charge on any atom is 0.337 e. The monoisotopic (exact) mass is 382 g/mol. The molecule has 7 heteroatoms. The molecule has 3 aliphatic rings. The Bertz CT molecular complexity index is 953. The first-order valence-corrected chi connectivity index (χ1v) is 10.1. The van der Waals surface area contributed by atoms with Gasteiger partial charge in [0.1, 0.15) is 0 Å². The standard InChI is InChI=1S/C21H26N4O3/c1-23-18-7-6-14(20(27)28-2)9-16(18)22-21(23)24-10-13-8-15(12-24)17-4-3-5-19(26)25(17)11-13/h6-7,9,13,15,17H,3-5,8,10-12H2,1-2H3/t13?,15?,17-/m0/s1. The molecule has 0 N–H and O–H groups in total. The van der Waals surface area contributed by atoms with Gasteiger partial charge in [-0.1, -0.05) is 0 Å². The third-order valence-corrected chi connectivity index (χ3v) is 6.74. The Morgan fingerprint density at radius 2 is 2.11 bits per heavy atom. The van der Waals surface area contributed by atoms with Crippen molar-refractivity contribution in [2.24, 2.45) is 18.9 Å². The van der Waals surface area contributed by atoms with Gasteiger partial charge in [-0.25, -0.2) is 9.78 Å². The Hall–Kier alpha value is -2.57. The molecule has 2 unspecified atom stereocenters. The Balaban J connectivity index is 1.45. The molecule has 7 nitrogen and oxygen atoms in total. The molecule has 5 rings (SSSR count). The van der Waals surface area contributed by atoms with Gasteiger partial charge in [-0.2, -0.15) is 0 Å². The van der Waals surface area contributed by atoms with Crippen LogP contribution in [0.2, 0.25) is 0 Å². The van der Waals surface area contributed by atoms with Crippen LogP contribution in [0.15, 0.2) is 18.2 Å². The summed E-state index contributed by atoms with van der Waals surface area (Å²) >= 11 is 0. The molecule has 1 amide bonds.